The maximum absolute atomic E-state index is 12.5. The van der Waals surface area contributed by atoms with Gasteiger partial charge < -0.3 is 9.47 Å². The van der Waals surface area contributed by atoms with Crippen LogP contribution in [0.1, 0.15) is 25.7 Å². The summed E-state index contributed by atoms with van der Waals surface area (Å²) < 4.78 is 28.6. The number of nitrogens with zero attached hydrogens (tertiary/aromatic N) is 6. The van der Waals surface area contributed by atoms with Gasteiger partial charge in [-0.25, -0.2) is 23.4 Å². The molecule has 1 aliphatic heterocycles. The van der Waals surface area contributed by atoms with Gasteiger partial charge in [0.25, 0.3) is 0 Å². The second-order valence-corrected chi connectivity index (χ2v) is 9.00. The lowest BCUT2D eigenvalue weighted by Crippen LogP contribution is -2.49. The Labute approximate surface area is 141 Å². The van der Waals surface area contributed by atoms with E-state index in [1.165, 1.54) is 6.33 Å². The first kappa shape index (κ1) is 15.8. The standard InChI is InChI=1S/C15H22N6O2S/c1-19-10-18-14-13(19)15(17-9-16-14)21-7-3-4-11(8-21)20(2)24(22,23)12-5-6-12/h9-12H,3-8H2,1-2H3. The average Bonchev–Trinajstić information content (AvgIpc) is 3.39. The summed E-state index contributed by atoms with van der Waals surface area (Å²) in [6.07, 6.45) is 6.68. The summed E-state index contributed by atoms with van der Waals surface area (Å²) >= 11 is 0. The minimum atomic E-state index is -3.15. The number of piperidine rings is 1. The second-order valence-electron chi connectivity index (χ2n) is 6.73. The Hall–Kier alpha value is -1.74. The van der Waals surface area contributed by atoms with Crippen LogP contribution in [0.4, 0.5) is 5.82 Å². The molecule has 4 rings (SSSR count). The molecule has 1 unspecified atom stereocenters. The molecule has 2 aromatic heterocycles. The van der Waals surface area contributed by atoms with E-state index in [0.717, 1.165) is 43.6 Å². The van der Waals surface area contributed by atoms with Crippen LogP contribution in [-0.2, 0) is 17.1 Å². The average molecular weight is 350 g/mol. The molecule has 2 aromatic rings. The van der Waals surface area contributed by atoms with E-state index in [1.54, 1.807) is 17.7 Å². The van der Waals surface area contributed by atoms with E-state index in [1.807, 2.05) is 11.6 Å². The first-order valence-corrected chi connectivity index (χ1v) is 9.82. The summed E-state index contributed by atoms with van der Waals surface area (Å²) in [5.41, 5.74) is 1.56. The summed E-state index contributed by atoms with van der Waals surface area (Å²) in [7, 11) is 0.493. The van der Waals surface area contributed by atoms with Gasteiger partial charge in [-0.15, -0.1) is 0 Å². The van der Waals surface area contributed by atoms with Crippen LogP contribution in [0.3, 0.4) is 0 Å². The molecular weight excluding hydrogens is 328 g/mol. The topological polar surface area (TPSA) is 84.2 Å². The highest BCUT2D eigenvalue weighted by atomic mass is 32.2. The third kappa shape index (κ3) is 2.55. The van der Waals surface area contributed by atoms with Gasteiger partial charge in [0.1, 0.15) is 11.8 Å². The van der Waals surface area contributed by atoms with Crippen LogP contribution in [0.5, 0.6) is 0 Å². The van der Waals surface area contributed by atoms with Gasteiger partial charge in [-0.05, 0) is 25.7 Å². The second kappa shape index (κ2) is 5.66. The number of hydrogen-bond donors (Lipinski definition) is 0. The van der Waals surface area contributed by atoms with Crippen LogP contribution in [-0.4, -0.2) is 63.7 Å². The SMILES string of the molecule is CN(C1CCCN(c2ncnc3ncn(C)c23)C1)S(=O)(=O)C1CC1. The fourth-order valence-corrected chi connectivity index (χ4v) is 5.24. The first-order chi connectivity index (χ1) is 11.5. The van der Waals surface area contributed by atoms with Gasteiger partial charge in [-0.2, -0.15) is 4.31 Å². The van der Waals surface area contributed by atoms with Crippen LogP contribution in [0, 0.1) is 0 Å². The highest BCUT2D eigenvalue weighted by Gasteiger charge is 2.42. The number of rotatable bonds is 4. The van der Waals surface area contributed by atoms with Crippen LogP contribution in [0.25, 0.3) is 11.2 Å². The van der Waals surface area contributed by atoms with Gasteiger partial charge in [0.2, 0.25) is 10.0 Å². The van der Waals surface area contributed by atoms with Crippen molar-refractivity contribution >= 4 is 27.0 Å². The summed E-state index contributed by atoms with van der Waals surface area (Å²) in [6.45, 7) is 1.52. The van der Waals surface area contributed by atoms with Crippen molar-refractivity contribution in [3.8, 4) is 0 Å². The molecule has 3 heterocycles. The summed E-state index contributed by atoms with van der Waals surface area (Å²) in [5.74, 6) is 0.835. The Bertz CT molecular complexity index is 860. The Balaban J connectivity index is 1.61. The van der Waals surface area contributed by atoms with Crippen molar-refractivity contribution in [3.63, 3.8) is 0 Å². The van der Waals surface area contributed by atoms with Crippen molar-refractivity contribution in [3.05, 3.63) is 12.7 Å². The number of hydrogen-bond acceptors (Lipinski definition) is 6. The lowest BCUT2D eigenvalue weighted by molar-refractivity contribution is 0.319. The minimum Gasteiger partial charge on any atom is -0.353 e. The van der Waals surface area contributed by atoms with E-state index < -0.39 is 10.0 Å². The number of fused-ring (bicyclic) bond motifs is 1. The summed E-state index contributed by atoms with van der Waals surface area (Å²) in [6, 6.07) is -0.0115. The smallest absolute Gasteiger partial charge is 0.217 e. The Morgan fingerprint density at radius 3 is 2.75 bits per heavy atom. The lowest BCUT2D eigenvalue weighted by atomic mass is 10.1. The number of sulfonamides is 1. The van der Waals surface area contributed by atoms with Crippen LogP contribution < -0.4 is 4.90 Å². The van der Waals surface area contributed by atoms with Crippen molar-refractivity contribution in [1.29, 1.82) is 0 Å². The molecule has 1 saturated carbocycles. The van der Waals surface area contributed by atoms with Crippen molar-refractivity contribution in [2.45, 2.75) is 37.0 Å². The molecule has 0 radical (unpaired) electrons. The molecule has 2 aliphatic rings. The van der Waals surface area contributed by atoms with Gasteiger partial charge in [0.15, 0.2) is 11.5 Å². The molecule has 2 fully saturated rings. The zero-order chi connectivity index (χ0) is 16.9. The minimum absolute atomic E-state index is 0.0115. The monoisotopic (exact) mass is 350 g/mol. The Morgan fingerprint density at radius 2 is 2.00 bits per heavy atom. The Morgan fingerprint density at radius 1 is 1.21 bits per heavy atom. The van der Waals surface area contributed by atoms with Gasteiger partial charge in [-0.1, -0.05) is 0 Å². The molecule has 0 bridgehead atoms. The molecule has 1 atom stereocenters. The third-order valence-electron chi connectivity index (χ3n) is 5.05. The zero-order valence-corrected chi connectivity index (χ0v) is 14.8. The summed E-state index contributed by atoms with van der Waals surface area (Å²) in [5, 5.41) is -0.166. The van der Waals surface area contributed by atoms with E-state index in [-0.39, 0.29) is 11.3 Å². The molecule has 0 spiro atoms. The van der Waals surface area contributed by atoms with Crippen LogP contribution in [0.15, 0.2) is 12.7 Å². The number of imidazole rings is 1. The maximum Gasteiger partial charge on any atom is 0.217 e. The highest BCUT2D eigenvalue weighted by Crippen LogP contribution is 2.33. The number of likely N-dealkylation sites (N-methyl/N-ethyl adjacent to an activating group) is 1. The van der Waals surface area contributed by atoms with Crippen LogP contribution >= 0.6 is 0 Å². The van der Waals surface area contributed by atoms with Gasteiger partial charge in [0, 0.05) is 33.2 Å². The molecule has 0 N–H and O–H groups in total. The fourth-order valence-electron chi connectivity index (χ4n) is 3.45. The van der Waals surface area contributed by atoms with Gasteiger partial charge in [-0.3, -0.25) is 0 Å². The lowest BCUT2D eigenvalue weighted by Gasteiger charge is -2.37. The third-order valence-corrected chi connectivity index (χ3v) is 7.46. The number of aryl methyl sites for hydroxylation is 1. The number of aromatic nitrogens is 4. The molecule has 9 heteroatoms. The van der Waals surface area contributed by atoms with Crippen molar-refractivity contribution in [2.75, 3.05) is 25.0 Å². The predicted octanol–water partition coefficient (Wildman–Crippen LogP) is 0.756. The molecule has 130 valence electrons. The van der Waals surface area contributed by atoms with Gasteiger partial charge in [0.05, 0.1) is 11.6 Å². The molecular formula is C15H22N6O2S. The maximum atomic E-state index is 12.5. The number of anilines is 1. The molecule has 0 aromatic carbocycles. The quantitative estimate of drug-likeness (QED) is 0.809. The summed E-state index contributed by atoms with van der Waals surface area (Å²) in [4.78, 5) is 15.1. The first-order valence-electron chi connectivity index (χ1n) is 8.32. The van der Waals surface area contributed by atoms with E-state index in [4.69, 9.17) is 0 Å². The van der Waals surface area contributed by atoms with Crippen molar-refractivity contribution in [1.82, 2.24) is 23.8 Å². The molecule has 8 nitrogen and oxygen atoms in total. The zero-order valence-electron chi connectivity index (χ0n) is 14.0. The van der Waals surface area contributed by atoms with E-state index in [9.17, 15) is 8.42 Å². The van der Waals surface area contributed by atoms with Crippen molar-refractivity contribution in [2.24, 2.45) is 7.05 Å². The van der Waals surface area contributed by atoms with Crippen molar-refractivity contribution < 1.29 is 8.42 Å². The van der Waals surface area contributed by atoms with Gasteiger partial charge >= 0.3 is 0 Å². The van der Waals surface area contributed by atoms with E-state index in [2.05, 4.69) is 19.9 Å². The van der Waals surface area contributed by atoms with E-state index in [0.29, 0.717) is 12.2 Å². The normalized spacial score (nSPS) is 22.5. The molecule has 1 saturated heterocycles. The molecule has 1 aliphatic carbocycles. The highest BCUT2D eigenvalue weighted by molar-refractivity contribution is 7.90. The molecule has 24 heavy (non-hydrogen) atoms. The molecule has 0 amide bonds. The fraction of sp³-hybridized carbons (Fsp3) is 0.667. The Kier molecular flexibility index (Phi) is 3.72. The predicted molar refractivity (Wildman–Crippen MR) is 91.2 cm³/mol. The van der Waals surface area contributed by atoms with Crippen LogP contribution in [0.2, 0.25) is 0 Å². The van der Waals surface area contributed by atoms with E-state index >= 15 is 0 Å². The largest absolute Gasteiger partial charge is 0.353 e.